The van der Waals surface area contributed by atoms with Gasteiger partial charge in [0.15, 0.2) is 0 Å². The minimum absolute atomic E-state index is 0.105. The highest BCUT2D eigenvalue weighted by atomic mass is 19.1. The van der Waals surface area contributed by atoms with E-state index in [9.17, 15) is 4.39 Å². The highest BCUT2D eigenvalue weighted by Gasteiger charge is 2.23. The first-order valence-corrected chi connectivity index (χ1v) is 11.8. The SMILES string of the molecule is C/C=C/CCc1ccc(-c2ccc(C3CCC(OCCCCC)CC3)cc2F)cc1. The van der Waals surface area contributed by atoms with Crippen molar-refractivity contribution >= 4 is 0 Å². The maximum Gasteiger partial charge on any atom is 0.131 e. The predicted molar refractivity (Wildman–Crippen MR) is 125 cm³/mol. The molecular formula is C28H37FO. The number of hydrogen-bond acceptors (Lipinski definition) is 1. The van der Waals surface area contributed by atoms with Crippen molar-refractivity contribution in [3.05, 3.63) is 71.6 Å². The van der Waals surface area contributed by atoms with E-state index in [4.69, 9.17) is 4.74 Å². The molecule has 0 amide bonds. The summed E-state index contributed by atoms with van der Waals surface area (Å²) in [5.74, 6) is 0.352. The van der Waals surface area contributed by atoms with Gasteiger partial charge in [0, 0.05) is 12.2 Å². The molecule has 2 aromatic rings. The average molecular weight is 409 g/mol. The third kappa shape index (κ3) is 6.54. The molecule has 1 saturated carbocycles. The molecule has 0 bridgehead atoms. The monoisotopic (exact) mass is 408 g/mol. The largest absolute Gasteiger partial charge is 0.378 e. The molecule has 0 aliphatic heterocycles. The fraction of sp³-hybridized carbons (Fsp3) is 0.500. The first-order chi connectivity index (χ1) is 14.7. The van der Waals surface area contributed by atoms with Crippen LogP contribution in [0, 0.1) is 5.82 Å². The van der Waals surface area contributed by atoms with Crippen molar-refractivity contribution < 1.29 is 9.13 Å². The first-order valence-electron chi connectivity index (χ1n) is 11.8. The molecule has 2 aromatic carbocycles. The van der Waals surface area contributed by atoms with Crippen molar-refractivity contribution in [2.75, 3.05) is 6.61 Å². The number of benzene rings is 2. The fourth-order valence-electron chi connectivity index (χ4n) is 4.45. The van der Waals surface area contributed by atoms with E-state index < -0.39 is 0 Å². The molecule has 0 saturated heterocycles. The molecule has 0 N–H and O–H groups in total. The van der Waals surface area contributed by atoms with Crippen LogP contribution in [0.2, 0.25) is 0 Å². The van der Waals surface area contributed by atoms with Crippen molar-refractivity contribution in [2.45, 2.75) is 83.7 Å². The summed E-state index contributed by atoms with van der Waals surface area (Å²) >= 11 is 0. The smallest absolute Gasteiger partial charge is 0.131 e. The van der Waals surface area contributed by atoms with Crippen LogP contribution in [0.5, 0.6) is 0 Å². The number of rotatable bonds is 10. The van der Waals surface area contributed by atoms with Crippen molar-refractivity contribution in [2.24, 2.45) is 0 Å². The van der Waals surface area contributed by atoms with Gasteiger partial charge in [-0.3, -0.25) is 0 Å². The van der Waals surface area contributed by atoms with Crippen LogP contribution in [0.15, 0.2) is 54.6 Å². The minimum atomic E-state index is -0.105. The topological polar surface area (TPSA) is 9.23 Å². The molecule has 1 aliphatic rings. The predicted octanol–water partition coefficient (Wildman–Crippen LogP) is 8.23. The number of unbranched alkanes of at least 4 members (excludes halogenated alkanes) is 2. The van der Waals surface area contributed by atoms with Gasteiger partial charge >= 0.3 is 0 Å². The lowest BCUT2D eigenvalue weighted by molar-refractivity contribution is 0.0227. The van der Waals surface area contributed by atoms with Gasteiger partial charge in [0.05, 0.1) is 6.10 Å². The molecule has 3 rings (SSSR count). The van der Waals surface area contributed by atoms with Gasteiger partial charge in [-0.1, -0.05) is 68.3 Å². The number of aryl methyl sites for hydroxylation is 1. The molecular weight excluding hydrogens is 371 g/mol. The Balaban J connectivity index is 1.55. The molecule has 0 atom stereocenters. The fourth-order valence-corrected chi connectivity index (χ4v) is 4.45. The number of halogens is 1. The molecule has 1 nitrogen and oxygen atoms in total. The standard InChI is InChI=1S/C28H37FO/c1-3-5-7-9-22-10-12-24(13-11-22)27-19-16-25(21-28(27)29)23-14-17-26(18-15-23)30-20-8-6-4-2/h3,5,10-13,16,19,21,23,26H,4,6-9,14-15,17-18,20H2,1-2H3/b5-3+. The van der Waals surface area contributed by atoms with Gasteiger partial charge in [-0.2, -0.15) is 0 Å². The van der Waals surface area contributed by atoms with Crippen molar-refractivity contribution in [1.82, 2.24) is 0 Å². The molecule has 0 heterocycles. The Morgan fingerprint density at radius 2 is 1.77 bits per heavy atom. The normalized spacial score (nSPS) is 19.4. The minimum Gasteiger partial charge on any atom is -0.378 e. The molecule has 0 radical (unpaired) electrons. The average Bonchev–Trinajstić information content (AvgIpc) is 2.78. The van der Waals surface area contributed by atoms with Crippen molar-refractivity contribution in [3.8, 4) is 11.1 Å². The highest BCUT2D eigenvalue weighted by molar-refractivity contribution is 5.65. The number of hydrogen-bond donors (Lipinski definition) is 0. The quantitative estimate of drug-likeness (QED) is 0.284. The summed E-state index contributed by atoms with van der Waals surface area (Å²) in [6.07, 6.45) is 14.8. The Morgan fingerprint density at radius 1 is 1.00 bits per heavy atom. The van der Waals surface area contributed by atoms with Crippen LogP contribution in [-0.4, -0.2) is 12.7 Å². The van der Waals surface area contributed by atoms with E-state index in [0.29, 0.717) is 17.6 Å². The van der Waals surface area contributed by atoms with Gasteiger partial charge < -0.3 is 4.74 Å². The Hall–Kier alpha value is -1.93. The maximum absolute atomic E-state index is 14.9. The summed E-state index contributed by atoms with van der Waals surface area (Å²) in [5, 5.41) is 0. The molecule has 1 fully saturated rings. The van der Waals surface area contributed by atoms with E-state index in [1.165, 1.54) is 24.8 Å². The zero-order valence-corrected chi connectivity index (χ0v) is 18.7. The van der Waals surface area contributed by atoms with E-state index in [2.05, 4.69) is 37.3 Å². The van der Waals surface area contributed by atoms with E-state index in [1.54, 1.807) is 6.07 Å². The lowest BCUT2D eigenvalue weighted by atomic mass is 9.82. The summed E-state index contributed by atoms with van der Waals surface area (Å²) in [4.78, 5) is 0. The van der Waals surface area contributed by atoms with E-state index in [-0.39, 0.29) is 5.82 Å². The van der Waals surface area contributed by atoms with Crippen LogP contribution < -0.4 is 0 Å². The molecule has 1 aliphatic carbocycles. The van der Waals surface area contributed by atoms with Crippen LogP contribution >= 0.6 is 0 Å². The van der Waals surface area contributed by atoms with E-state index in [1.807, 2.05) is 25.1 Å². The third-order valence-electron chi connectivity index (χ3n) is 6.34. The van der Waals surface area contributed by atoms with Crippen molar-refractivity contribution in [1.29, 1.82) is 0 Å². The summed E-state index contributed by atoms with van der Waals surface area (Å²) in [5.41, 5.74) is 4.09. The summed E-state index contributed by atoms with van der Waals surface area (Å²) in [7, 11) is 0. The van der Waals surface area contributed by atoms with Crippen LogP contribution in [0.25, 0.3) is 11.1 Å². The third-order valence-corrected chi connectivity index (χ3v) is 6.34. The Morgan fingerprint density at radius 3 is 2.43 bits per heavy atom. The summed E-state index contributed by atoms with van der Waals surface area (Å²) in [6.45, 7) is 5.15. The second kappa shape index (κ2) is 12.1. The summed E-state index contributed by atoms with van der Waals surface area (Å²) in [6, 6.07) is 14.2. The highest BCUT2D eigenvalue weighted by Crippen LogP contribution is 2.36. The second-order valence-corrected chi connectivity index (χ2v) is 8.60. The van der Waals surface area contributed by atoms with Crippen LogP contribution in [-0.2, 0) is 11.2 Å². The molecule has 0 aromatic heterocycles. The second-order valence-electron chi connectivity index (χ2n) is 8.60. The van der Waals surface area contributed by atoms with Crippen LogP contribution in [0.3, 0.4) is 0 Å². The van der Waals surface area contributed by atoms with Gasteiger partial charge in [-0.05, 0) is 80.5 Å². The number of ether oxygens (including phenoxy) is 1. The van der Waals surface area contributed by atoms with Crippen molar-refractivity contribution in [3.63, 3.8) is 0 Å². The van der Waals surface area contributed by atoms with Crippen LogP contribution in [0.4, 0.5) is 4.39 Å². The van der Waals surface area contributed by atoms with Crippen LogP contribution in [0.1, 0.15) is 82.3 Å². The Labute approximate surface area is 182 Å². The van der Waals surface area contributed by atoms with E-state index in [0.717, 1.165) is 56.3 Å². The Bertz CT molecular complexity index is 785. The van der Waals surface area contributed by atoms with Gasteiger partial charge in [-0.25, -0.2) is 4.39 Å². The van der Waals surface area contributed by atoms with Gasteiger partial charge in [0.1, 0.15) is 5.82 Å². The summed E-state index contributed by atoms with van der Waals surface area (Å²) < 4.78 is 21.0. The molecule has 162 valence electrons. The maximum atomic E-state index is 14.9. The molecule has 0 spiro atoms. The lowest BCUT2D eigenvalue weighted by Crippen LogP contribution is -2.21. The Kier molecular flexibility index (Phi) is 9.14. The zero-order valence-electron chi connectivity index (χ0n) is 18.7. The lowest BCUT2D eigenvalue weighted by Gasteiger charge is -2.29. The zero-order chi connectivity index (χ0) is 21.2. The first kappa shape index (κ1) is 22.7. The number of allylic oxidation sites excluding steroid dienone is 2. The van der Waals surface area contributed by atoms with Gasteiger partial charge in [0.25, 0.3) is 0 Å². The molecule has 30 heavy (non-hydrogen) atoms. The van der Waals surface area contributed by atoms with Gasteiger partial charge in [0.2, 0.25) is 0 Å². The van der Waals surface area contributed by atoms with Gasteiger partial charge in [-0.15, -0.1) is 0 Å². The molecule has 0 unspecified atom stereocenters. The molecule has 2 heteroatoms. The van der Waals surface area contributed by atoms with E-state index >= 15 is 0 Å².